The second kappa shape index (κ2) is 13.3. The maximum atomic E-state index is 11.2. The van der Waals surface area contributed by atoms with Crippen molar-refractivity contribution in [2.45, 2.75) is 118 Å². The number of rotatable bonds is 9. The van der Waals surface area contributed by atoms with Crippen LogP contribution in [0.4, 0.5) is 0 Å². The lowest BCUT2D eigenvalue weighted by molar-refractivity contribution is 0.243. The molecule has 0 atom stereocenters. The van der Waals surface area contributed by atoms with Gasteiger partial charge in [-0.1, -0.05) is 53.7 Å². The Hall–Kier alpha value is -2.70. The van der Waals surface area contributed by atoms with Gasteiger partial charge in [0.25, 0.3) is 0 Å². The minimum atomic E-state index is -0.216. The standard InChI is InChI=1S/C36H58N4O2/c1-33(2,3)29-17-25(21-37-35(7,8)9)31(41)27(19-29)23-39(13)15-16-40(14)24-28-20-30(34(4,5)6)18-26(32(28)42)22-38-36(10,11)12/h17-22,41-42H,15-16,23-24H2,1-14H3/b37-21+,38-22+. The number of aliphatic imine (C=N–C) groups is 2. The molecular weight excluding hydrogens is 520 g/mol. The summed E-state index contributed by atoms with van der Waals surface area (Å²) in [6, 6.07) is 8.36. The van der Waals surface area contributed by atoms with E-state index < -0.39 is 0 Å². The first kappa shape index (κ1) is 35.5. The van der Waals surface area contributed by atoms with Gasteiger partial charge in [0, 0.05) is 60.9 Å². The van der Waals surface area contributed by atoms with E-state index >= 15 is 0 Å². The van der Waals surface area contributed by atoms with Crippen LogP contribution in [0.2, 0.25) is 0 Å². The predicted octanol–water partition coefficient (Wildman–Crippen LogP) is 7.69. The summed E-state index contributed by atoms with van der Waals surface area (Å²) in [6.07, 6.45) is 3.61. The average Bonchev–Trinajstić information content (AvgIpc) is 2.81. The van der Waals surface area contributed by atoms with Crippen molar-refractivity contribution in [1.29, 1.82) is 0 Å². The Bertz CT molecular complexity index is 1170. The molecule has 0 spiro atoms. The molecule has 0 aliphatic rings. The fraction of sp³-hybridized carbons (Fsp3) is 0.611. The van der Waals surface area contributed by atoms with Gasteiger partial charge in [-0.2, -0.15) is 0 Å². The van der Waals surface area contributed by atoms with Crippen LogP contribution in [0.3, 0.4) is 0 Å². The van der Waals surface area contributed by atoms with Crippen LogP contribution in [-0.4, -0.2) is 70.7 Å². The van der Waals surface area contributed by atoms with E-state index in [1.165, 1.54) is 11.1 Å². The lowest BCUT2D eigenvalue weighted by Crippen LogP contribution is -2.30. The fourth-order valence-corrected chi connectivity index (χ4v) is 4.35. The number of hydrogen-bond acceptors (Lipinski definition) is 6. The third-order valence-electron chi connectivity index (χ3n) is 7.09. The molecule has 0 aliphatic heterocycles. The third kappa shape index (κ3) is 11.2. The van der Waals surface area contributed by atoms with Crippen molar-refractivity contribution >= 4 is 12.4 Å². The molecule has 234 valence electrons. The summed E-state index contributed by atoms with van der Waals surface area (Å²) in [5.41, 5.74) is 5.15. The molecule has 0 fully saturated rings. The minimum Gasteiger partial charge on any atom is -0.507 e. The summed E-state index contributed by atoms with van der Waals surface area (Å²) in [4.78, 5) is 13.8. The first-order valence-electron chi connectivity index (χ1n) is 15.2. The summed E-state index contributed by atoms with van der Waals surface area (Å²) in [5.74, 6) is 0.592. The molecule has 2 aromatic carbocycles. The monoisotopic (exact) mass is 578 g/mol. The van der Waals surface area contributed by atoms with E-state index in [9.17, 15) is 10.2 Å². The van der Waals surface area contributed by atoms with Gasteiger partial charge in [0.05, 0.1) is 11.1 Å². The molecule has 42 heavy (non-hydrogen) atoms. The average molecular weight is 579 g/mol. The van der Waals surface area contributed by atoms with Crippen molar-refractivity contribution in [1.82, 2.24) is 9.80 Å². The van der Waals surface area contributed by atoms with Gasteiger partial charge in [0.2, 0.25) is 0 Å². The number of phenolic OH excluding ortho intramolecular Hbond substituents is 2. The molecule has 0 saturated heterocycles. The lowest BCUT2D eigenvalue weighted by atomic mass is 9.84. The zero-order valence-corrected chi connectivity index (χ0v) is 29.0. The van der Waals surface area contributed by atoms with Crippen LogP contribution in [-0.2, 0) is 23.9 Å². The normalized spacial score (nSPS) is 13.8. The maximum absolute atomic E-state index is 11.2. The Balaban J connectivity index is 2.24. The largest absolute Gasteiger partial charge is 0.507 e. The summed E-state index contributed by atoms with van der Waals surface area (Å²) in [6.45, 7) is 28.3. The van der Waals surface area contributed by atoms with Gasteiger partial charge in [-0.25, -0.2) is 0 Å². The Morgan fingerprint density at radius 1 is 0.571 bits per heavy atom. The second-order valence-electron chi connectivity index (χ2n) is 16.0. The zero-order chi connectivity index (χ0) is 32.3. The molecule has 0 amide bonds. The second-order valence-corrected chi connectivity index (χ2v) is 16.0. The molecule has 2 N–H and O–H groups in total. The molecule has 6 nitrogen and oxygen atoms in total. The van der Waals surface area contributed by atoms with E-state index in [0.29, 0.717) is 24.6 Å². The van der Waals surface area contributed by atoms with Gasteiger partial charge in [0.15, 0.2) is 0 Å². The number of benzene rings is 2. The molecule has 0 radical (unpaired) electrons. The number of nitrogens with zero attached hydrogens (tertiary/aromatic N) is 4. The molecule has 0 saturated carbocycles. The molecule has 0 aromatic heterocycles. The molecule has 6 heteroatoms. The summed E-state index contributed by atoms with van der Waals surface area (Å²) in [7, 11) is 4.16. The first-order valence-corrected chi connectivity index (χ1v) is 15.2. The zero-order valence-electron chi connectivity index (χ0n) is 29.0. The molecule has 0 aliphatic carbocycles. The predicted molar refractivity (Wildman–Crippen MR) is 181 cm³/mol. The number of likely N-dealkylation sites (N-methyl/N-ethyl adjacent to an activating group) is 2. The molecule has 2 rings (SSSR count). The highest BCUT2D eigenvalue weighted by Gasteiger charge is 2.21. The molecule has 2 aromatic rings. The Morgan fingerprint density at radius 2 is 0.881 bits per heavy atom. The van der Waals surface area contributed by atoms with Gasteiger partial charge in [-0.15, -0.1) is 0 Å². The van der Waals surface area contributed by atoms with Crippen LogP contribution in [0.5, 0.6) is 11.5 Å². The third-order valence-corrected chi connectivity index (χ3v) is 7.09. The van der Waals surface area contributed by atoms with Gasteiger partial charge in [0.1, 0.15) is 11.5 Å². The summed E-state index contributed by atoms with van der Waals surface area (Å²) < 4.78 is 0. The van der Waals surface area contributed by atoms with E-state index in [-0.39, 0.29) is 21.9 Å². The van der Waals surface area contributed by atoms with Gasteiger partial charge >= 0.3 is 0 Å². The number of phenols is 2. The summed E-state index contributed by atoms with van der Waals surface area (Å²) in [5, 5.41) is 22.3. The Labute approximate surface area is 256 Å². The van der Waals surface area contributed by atoms with Crippen LogP contribution in [0.15, 0.2) is 34.3 Å². The van der Waals surface area contributed by atoms with E-state index in [1.807, 2.05) is 0 Å². The maximum Gasteiger partial charge on any atom is 0.128 e. The lowest BCUT2D eigenvalue weighted by Gasteiger charge is -2.26. The van der Waals surface area contributed by atoms with Crippen LogP contribution < -0.4 is 0 Å². The topological polar surface area (TPSA) is 71.7 Å². The van der Waals surface area contributed by atoms with E-state index in [2.05, 4.69) is 141 Å². The van der Waals surface area contributed by atoms with Crippen molar-refractivity contribution in [2.24, 2.45) is 9.98 Å². The molecular formula is C36H58N4O2. The van der Waals surface area contributed by atoms with Crippen LogP contribution in [0.25, 0.3) is 0 Å². The van der Waals surface area contributed by atoms with Gasteiger partial charge < -0.3 is 20.0 Å². The van der Waals surface area contributed by atoms with Crippen LogP contribution >= 0.6 is 0 Å². The Kier molecular flexibility index (Phi) is 11.2. The van der Waals surface area contributed by atoms with E-state index in [1.54, 1.807) is 12.4 Å². The summed E-state index contributed by atoms with van der Waals surface area (Å²) >= 11 is 0. The number of aromatic hydroxyl groups is 2. The minimum absolute atomic E-state index is 0.0500. The van der Waals surface area contributed by atoms with E-state index in [0.717, 1.165) is 35.3 Å². The van der Waals surface area contributed by atoms with Crippen molar-refractivity contribution in [3.8, 4) is 11.5 Å². The van der Waals surface area contributed by atoms with Crippen molar-refractivity contribution in [2.75, 3.05) is 27.2 Å². The van der Waals surface area contributed by atoms with Gasteiger partial charge in [-0.3, -0.25) is 9.98 Å². The molecule has 0 unspecified atom stereocenters. The highest BCUT2D eigenvalue weighted by molar-refractivity contribution is 5.85. The molecule has 0 bridgehead atoms. The van der Waals surface area contributed by atoms with Crippen molar-refractivity contribution < 1.29 is 10.2 Å². The first-order chi connectivity index (χ1) is 19.0. The van der Waals surface area contributed by atoms with Crippen LogP contribution in [0.1, 0.15) is 116 Å². The Morgan fingerprint density at radius 3 is 1.14 bits per heavy atom. The van der Waals surface area contributed by atoms with Crippen LogP contribution in [0, 0.1) is 0 Å². The fourth-order valence-electron chi connectivity index (χ4n) is 4.35. The number of hydrogen-bond donors (Lipinski definition) is 2. The smallest absolute Gasteiger partial charge is 0.128 e. The van der Waals surface area contributed by atoms with Gasteiger partial charge in [-0.05, 0) is 89.7 Å². The molecule has 0 heterocycles. The van der Waals surface area contributed by atoms with Crippen molar-refractivity contribution in [3.05, 3.63) is 57.6 Å². The van der Waals surface area contributed by atoms with E-state index in [4.69, 9.17) is 0 Å². The van der Waals surface area contributed by atoms with Crippen molar-refractivity contribution in [3.63, 3.8) is 0 Å². The SMILES string of the molecule is CN(CCN(C)Cc1cc(C(C)(C)C)cc(/C=N/C(C)(C)C)c1O)Cc1cc(C(C)(C)C)cc(/C=N/C(C)(C)C)c1O. The quantitative estimate of drug-likeness (QED) is 0.299. The highest BCUT2D eigenvalue weighted by Crippen LogP contribution is 2.33. The highest BCUT2D eigenvalue weighted by atomic mass is 16.3.